The molecule has 96 valence electrons. The first-order valence-corrected chi connectivity index (χ1v) is 6.20. The van der Waals surface area contributed by atoms with E-state index in [1.165, 1.54) is 12.1 Å². The highest BCUT2D eigenvalue weighted by Gasteiger charge is 2.25. The number of Topliss-reactive ketones (excluding diaryl/α,β-unsaturated/α-hetero) is 1. The molecule has 0 spiro atoms. The molecule has 1 aliphatic carbocycles. The molecule has 4 nitrogen and oxygen atoms in total. The predicted molar refractivity (Wildman–Crippen MR) is 65.7 cm³/mol. The number of ketones is 1. The molecule has 0 saturated heterocycles. The first-order chi connectivity index (χ1) is 8.65. The molecule has 1 N–H and O–H groups in total. The van der Waals surface area contributed by atoms with Gasteiger partial charge < -0.3 is 9.84 Å². The number of phenolic OH excluding ortho intramolecular Hbond substituents is 1. The van der Waals surface area contributed by atoms with Gasteiger partial charge in [0.25, 0.3) is 5.78 Å². The second-order valence-electron chi connectivity index (χ2n) is 4.35. The fourth-order valence-electron chi connectivity index (χ4n) is 2.37. The topological polar surface area (TPSA) is 63.6 Å². The van der Waals surface area contributed by atoms with E-state index in [2.05, 4.69) is 0 Å². The van der Waals surface area contributed by atoms with Gasteiger partial charge in [-0.2, -0.15) is 0 Å². The van der Waals surface area contributed by atoms with E-state index in [0.29, 0.717) is 5.56 Å². The van der Waals surface area contributed by atoms with Gasteiger partial charge in [-0.25, -0.2) is 4.79 Å². The highest BCUT2D eigenvalue weighted by Crippen LogP contribution is 2.31. The Labute approximate surface area is 106 Å². The van der Waals surface area contributed by atoms with Gasteiger partial charge in [0.15, 0.2) is 0 Å². The fraction of sp³-hybridized carbons (Fsp3) is 0.429. The summed E-state index contributed by atoms with van der Waals surface area (Å²) in [6.07, 6.45) is 3.45. The number of esters is 1. The van der Waals surface area contributed by atoms with E-state index in [1.54, 1.807) is 6.92 Å². The standard InChI is InChI=1S/C14H16O4/c1-2-18-14(17)13(16)11-7-8-12(15)10-6-4-3-5-9(10)11/h7-8,15H,2-6H2,1H3. The van der Waals surface area contributed by atoms with Gasteiger partial charge in [-0.3, -0.25) is 4.79 Å². The van der Waals surface area contributed by atoms with Gasteiger partial charge in [0, 0.05) is 5.56 Å². The lowest BCUT2D eigenvalue weighted by Gasteiger charge is -2.19. The summed E-state index contributed by atoms with van der Waals surface area (Å²) in [4.78, 5) is 23.4. The van der Waals surface area contributed by atoms with Crippen molar-refractivity contribution < 1.29 is 19.4 Å². The number of hydrogen-bond acceptors (Lipinski definition) is 4. The van der Waals surface area contributed by atoms with Crippen LogP contribution < -0.4 is 0 Å². The molecular weight excluding hydrogens is 232 g/mol. The Morgan fingerprint density at radius 3 is 2.56 bits per heavy atom. The van der Waals surface area contributed by atoms with Crippen molar-refractivity contribution in [1.82, 2.24) is 0 Å². The number of hydrogen-bond donors (Lipinski definition) is 1. The van der Waals surface area contributed by atoms with E-state index in [-0.39, 0.29) is 12.4 Å². The number of fused-ring (bicyclic) bond motifs is 1. The molecule has 18 heavy (non-hydrogen) atoms. The van der Waals surface area contributed by atoms with Crippen molar-refractivity contribution >= 4 is 11.8 Å². The zero-order valence-electron chi connectivity index (χ0n) is 10.4. The van der Waals surface area contributed by atoms with Crippen LogP contribution in [-0.4, -0.2) is 23.5 Å². The summed E-state index contributed by atoms with van der Waals surface area (Å²) in [5.74, 6) is -1.23. The minimum absolute atomic E-state index is 0.185. The van der Waals surface area contributed by atoms with Crippen LogP contribution in [0.3, 0.4) is 0 Å². The zero-order chi connectivity index (χ0) is 13.1. The first-order valence-electron chi connectivity index (χ1n) is 6.20. The second kappa shape index (κ2) is 5.21. The predicted octanol–water partition coefficient (Wildman–Crippen LogP) is 2.02. The molecule has 1 aromatic rings. The molecule has 0 aliphatic heterocycles. The zero-order valence-corrected chi connectivity index (χ0v) is 10.4. The summed E-state index contributed by atoms with van der Waals surface area (Å²) in [5.41, 5.74) is 1.98. The molecule has 0 fully saturated rings. The molecule has 0 bridgehead atoms. The van der Waals surface area contributed by atoms with Crippen LogP contribution in [0.5, 0.6) is 5.75 Å². The van der Waals surface area contributed by atoms with Gasteiger partial charge in [0.1, 0.15) is 5.75 Å². The monoisotopic (exact) mass is 248 g/mol. The first kappa shape index (κ1) is 12.6. The third-order valence-corrected chi connectivity index (χ3v) is 3.22. The van der Waals surface area contributed by atoms with E-state index in [9.17, 15) is 14.7 Å². The van der Waals surface area contributed by atoms with Crippen molar-refractivity contribution in [2.45, 2.75) is 32.6 Å². The van der Waals surface area contributed by atoms with E-state index in [0.717, 1.165) is 36.8 Å². The average molecular weight is 248 g/mol. The molecule has 1 aromatic carbocycles. The Morgan fingerprint density at radius 2 is 1.89 bits per heavy atom. The van der Waals surface area contributed by atoms with Gasteiger partial charge in [-0.05, 0) is 55.9 Å². The Balaban J connectivity index is 2.39. The maximum absolute atomic E-state index is 12.0. The molecule has 4 heteroatoms. The van der Waals surface area contributed by atoms with E-state index in [1.807, 2.05) is 0 Å². The van der Waals surface area contributed by atoms with Crippen molar-refractivity contribution in [3.63, 3.8) is 0 Å². The molecule has 0 aromatic heterocycles. The summed E-state index contributed by atoms with van der Waals surface area (Å²) in [6.45, 7) is 1.85. The van der Waals surface area contributed by atoms with Crippen molar-refractivity contribution in [2.75, 3.05) is 6.61 Å². The van der Waals surface area contributed by atoms with Gasteiger partial charge in [-0.15, -0.1) is 0 Å². The number of ether oxygens (including phenoxy) is 1. The fourth-order valence-corrected chi connectivity index (χ4v) is 2.37. The number of aromatic hydroxyl groups is 1. The van der Waals surface area contributed by atoms with Crippen LogP contribution >= 0.6 is 0 Å². The molecule has 0 unspecified atom stereocenters. The van der Waals surface area contributed by atoms with Gasteiger partial charge in [0.05, 0.1) is 6.61 Å². The number of rotatable bonds is 3. The third-order valence-electron chi connectivity index (χ3n) is 3.22. The molecular formula is C14H16O4. The summed E-state index contributed by atoms with van der Waals surface area (Å²) in [6, 6.07) is 3.00. The van der Waals surface area contributed by atoms with Gasteiger partial charge in [0.2, 0.25) is 0 Å². The van der Waals surface area contributed by atoms with Crippen LogP contribution in [0.15, 0.2) is 12.1 Å². The number of carbonyl (C=O) groups excluding carboxylic acids is 2. The maximum atomic E-state index is 12.0. The number of carbonyl (C=O) groups is 2. The molecule has 2 rings (SSSR count). The molecule has 0 saturated carbocycles. The number of benzene rings is 1. The Hall–Kier alpha value is -1.84. The molecule has 0 heterocycles. The SMILES string of the molecule is CCOC(=O)C(=O)c1ccc(O)c2c1CCCC2. The summed E-state index contributed by atoms with van der Waals surface area (Å²) in [7, 11) is 0. The quantitative estimate of drug-likeness (QED) is 0.505. The molecule has 0 radical (unpaired) electrons. The molecule has 0 amide bonds. The minimum atomic E-state index is -0.823. The van der Waals surface area contributed by atoms with Crippen LogP contribution in [0, 0.1) is 0 Å². The van der Waals surface area contributed by atoms with Crippen LogP contribution in [-0.2, 0) is 22.4 Å². The smallest absolute Gasteiger partial charge is 0.379 e. The third kappa shape index (κ3) is 2.23. The van der Waals surface area contributed by atoms with Crippen molar-refractivity contribution in [3.05, 3.63) is 28.8 Å². The normalized spacial score (nSPS) is 13.8. The highest BCUT2D eigenvalue weighted by atomic mass is 16.5. The van der Waals surface area contributed by atoms with Crippen molar-refractivity contribution in [3.8, 4) is 5.75 Å². The molecule has 1 aliphatic rings. The number of phenols is 1. The Kier molecular flexibility index (Phi) is 3.65. The second-order valence-corrected chi connectivity index (χ2v) is 4.35. The summed E-state index contributed by atoms with van der Waals surface area (Å²) >= 11 is 0. The van der Waals surface area contributed by atoms with Crippen molar-refractivity contribution in [1.29, 1.82) is 0 Å². The van der Waals surface area contributed by atoms with Crippen LogP contribution in [0.1, 0.15) is 41.3 Å². The van der Waals surface area contributed by atoms with E-state index >= 15 is 0 Å². The van der Waals surface area contributed by atoms with Crippen LogP contribution in [0.2, 0.25) is 0 Å². The maximum Gasteiger partial charge on any atom is 0.379 e. The summed E-state index contributed by atoms with van der Waals surface area (Å²) < 4.78 is 4.73. The lowest BCUT2D eigenvalue weighted by molar-refractivity contribution is -0.137. The minimum Gasteiger partial charge on any atom is -0.508 e. The molecule has 0 atom stereocenters. The van der Waals surface area contributed by atoms with Gasteiger partial charge >= 0.3 is 5.97 Å². The van der Waals surface area contributed by atoms with E-state index < -0.39 is 11.8 Å². The van der Waals surface area contributed by atoms with Crippen LogP contribution in [0.25, 0.3) is 0 Å². The Bertz CT molecular complexity index is 491. The lowest BCUT2D eigenvalue weighted by atomic mass is 9.86. The van der Waals surface area contributed by atoms with E-state index in [4.69, 9.17) is 4.74 Å². The largest absolute Gasteiger partial charge is 0.508 e. The average Bonchev–Trinajstić information content (AvgIpc) is 2.39. The van der Waals surface area contributed by atoms with Gasteiger partial charge in [-0.1, -0.05) is 0 Å². The summed E-state index contributed by atoms with van der Waals surface area (Å²) in [5, 5.41) is 9.78. The lowest BCUT2D eigenvalue weighted by Crippen LogP contribution is -2.20. The van der Waals surface area contributed by atoms with Crippen LogP contribution in [0.4, 0.5) is 0 Å². The van der Waals surface area contributed by atoms with Crippen molar-refractivity contribution in [2.24, 2.45) is 0 Å². The Morgan fingerprint density at radius 1 is 1.22 bits per heavy atom. The highest BCUT2D eigenvalue weighted by molar-refractivity contribution is 6.41.